The van der Waals surface area contributed by atoms with E-state index in [1.54, 1.807) is 6.92 Å². The third-order valence-electron chi connectivity index (χ3n) is 7.84. The summed E-state index contributed by atoms with van der Waals surface area (Å²) in [4.78, 5) is 17.4. The molecular weight excluding hydrogens is 440 g/mol. The molecule has 1 saturated carbocycles. The number of nitrogens with zero attached hydrogens (tertiary/aromatic N) is 5. The van der Waals surface area contributed by atoms with Crippen LogP contribution in [0.5, 0.6) is 6.01 Å². The largest absolute Gasteiger partial charge is 0.461 e. The average Bonchev–Trinajstić information content (AvgIpc) is 3.49. The lowest BCUT2D eigenvalue weighted by molar-refractivity contribution is 0.107. The van der Waals surface area contributed by atoms with Gasteiger partial charge in [-0.25, -0.2) is 13.8 Å². The molecule has 5 atom stereocenters. The van der Waals surface area contributed by atoms with Crippen molar-refractivity contribution in [1.82, 2.24) is 19.9 Å². The van der Waals surface area contributed by atoms with Gasteiger partial charge in [-0.2, -0.15) is 9.97 Å². The van der Waals surface area contributed by atoms with Gasteiger partial charge in [0.2, 0.25) is 0 Å². The second kappa shape index (κ2) is 7.33. The first-order chi connectivity index (χ1) is 15.3. The number of halogens is 3. The molecule has 172 valence electrons. The highest BCUT2D eigenvalue weighted by Crippen LogP contribution is 2.44. The molecular formula is C22H26ClF2N5O2. The van der Waals surface area contributed by atoms with Crippen LogP contribution in [-0.2, 0) is 0 Å². The number of hydrogen-bond acceptors (Lipinski definition) is 7. The molecule has 2 bridgehead atoms. The van der Waals surface area contributed by atoms with Crippen LogP contribution in [0.15, 0.2) is 0 Å². The summed E-state index contributed by atoms with van der Waals surface area (Å²) in [7, 11) is 0. The molecule has 10 heteroatoms. The molecule has 0 aromatic carbocycles. The molecule has 3 unspecified atom stereocenters. The van der Waals surface area contributed by atoms with Gasteiger partial charge in [-0.15, -0.1) is 0 Å². The van der Waals surface area contributed by atoms with Crippen molar-refractivity contribution in [3.63, 3.8) is 0 Å². The van der Waals surface area contributed by atoms with Gasteiger partial charge in [-0.3, -0.25) is 4.90 Å². The fraction of sp³-hybridized carbons (Fsp3) is 0.682. The first-order valence-electron chi connectivity index (χ1n) is 11.3. The van der Waals surface area contributed by atoms with E-state index in [9.17, 15) is 9.50 Å². The minimum absolute atomic E-state index is 0.0499. The highest BCUT2D eigenvalue weighted by atomic mass is 35.5. The molecule has 0 amide bonds. The smallest absolute Gasteiger partial charge is 0.319 e. The molecule has 6 rings (SSSR count). The van der Waals surface area contributed by atoms with Gasteiger partial charge in [0.15, 0.2) is 11.0 Å². The number of piperidine rings is 1. The van der Waals surface area contributed by atoms with Gasteiger partial charge in [-0.05, 0) is 45.1 Å². The van der Waals surface area contributed by atoms with Gasteiger partial charge in [0.05, 0.1) is 28.8 Å². The molecule has 0 spiro atoms. The Morgan fingerprint density at radius 1 is 1.25 bits per heavy atom. The standard InChI is InChI=1S/C22H26ClF2N5O2/c1-11-16-18(17(25)19(23)26-11)27-21(28-20(16)30-8-12-5-14(30)15(31)6-12)32-10-22-3-2-4-29(22)9-13(24)7-22/h12-15,31H,2-10H2,1H3/t12?,13-,14?,15?,22+/m1/s1. The predicted molar refractivity (Wildman–Crippen MR) is 115 cm³/mol. The van der Waals surface area contributed by atoms with Crippen LogP contribution >= 0.6 is 11.6 Å². The first-order valence-corrected chi connectivity index (χ1v) is 11.7. The van der Waals surface area contributed by atoms with E-state index in [-0.39, 0.29) is 34.9 Å². The predicted octanol–water partition coefficient (Wildman–Crippen LogP) is 3.04. The maximum Gasteiger partial charge on any atom is 0.319 e. The number of aryl methyl sites for hydroxylation is 1. The number of aromatic nitrogens is 3. The second-order valence-electron chi connectivity index (χ2n) is 9.84. The SMILES string of the molecule is Cc1nc(Cl)c(F)c2nc(OC[C@@]34CCCN3C[C@H](F)C4)nc(N3CC4CC(O)C3C4)c12. The summed E-state index contributed by atoms with van der Waals surface area (Å²) in [5.74, 6) is 0.184. The molecule has 4 fully saturated rings. The van der Waals surface area contributed by atoms with E-state index in [4.69, 9.17) is 16.3 Å². The van der Waals surface area contributed by atoms with Gasteiger partial charge in [-0.1, -0.05) is 11.6 Å². The van der Waals surface area contributed by atoms with E-state index in [1.807, 2.05) is 4.90 Å². The number of anilines is 1. The van der Waals surface area contributed by atoms with Crippen LogP contribution < -0.4 is 9.64 Å². The maximum absolute atomic E-state index is 15.0. The van der Waals surface area contributed by atoms with E-state index < -0.39 is 18.1 Å². The lowest BCUT2D eigenvalue weighted by Crippen LogP contribution is -2.44. The summed E-state index contributed by atoms with van der Waals surface area (Å²) < 4.78 is 35.2. The van der Waals surface area contributed by atoms with Crippen LogP contribution in [0.25, 0.3) is 10.9 Å². The van der Waals surface area contributed by atoms with Crippen LogP contribution in [0.1, 0.15) is 37.8 Å². The lowest BCUT2D eigenvalue weighted by Gasteiger charge is -2.33. The summed E-state index contributed by atoms with van der Waals surface area (Å²) in [6, 6.07) is -0.0241. The van der Waals surface area contributed by atoms with Crippen LogP contribution in [0.3, 0.4) is 0 Å². The number of fused-ring (bicyclic) bond motifs is 4. The molecule has 1 N–H and O–H groups in total. The van der Waals surface area contributed by atoms with Crippen LogP contribution in [0.2, 0.25) is 5.15 Å². The third kappa shape index (κ3) is 3.08. The van der Waals surface area contributed by atoms with Crippen molar-refractivity contribution in [3.05, 3.63) is 16.7 Å². The van der Waals surface area contributed by atoms with E-state index >= 15 is 4.39 Å². The summed E-state index contributed by atoms with van der Waals surface area (Å²) in [6.07, 6.45) is 2.63. The van der Waals surface area contributed by atoms with Crippen molar-refractivity contribution in [3.8, 4) is 6.01 Å². The summed E-state index contributed by atoms with van der Waals surface area (Å²) >= 11 is 6.02. The Labute approximate surface area is 189 Å². The number of pyridine rings is 1. The number of hydrogen-bond donors (Lipinski definition) is 1. The molecule has 0 radical (unpaired) electrons. The Hall–Kier alpha value is -1.84. The number of aliphatic hydroxyl groups excluding tert-OH is 1. The first kappa shape index (κ1) is 20.7. The maximum atomic E-state index is 15.0. The second-order valence-corrected chi connectivity index (χ2v) is 10.2. The minimum atomic E-state index is -0.862. The molecule has 2 aromatic rings. The monoisotopic (exact) mass is 465 g/mol. The van der Waals surface area contributed by atoms with Gasteiger partial charge in [0, 0.05) is 19.5 Å². The molecule has 32 heavy (non-hydrogen) atoms. The zero-order valence-corrected chi connectivity index (χ0v) is 18.7. The number of alkyl halides is 1. The molecule has 4 aliphatic rings. The quantitative estimate of drug-likeness (QED) is 0.695. The van der Waals surface area contributed by atoms with Gasteiger partial charge < -0.3 is 14.7 Å². The van der Waals surface area contributed by atoms with Crippen molar-refractivity contribution in [2.45, 2.75) is 62.9 Å². The fourth-order valence-corrected chi connectivity index (χ4v) is 6.64. The number of ether oxygens (including phenoxy) is 1. The Morgan fingerprint density at radius 3 is 2.88 bits per heavy atom. The van der Waals surface area contributed by atoms with E-state index in [2.05, 4.69) is 19.9 Å². The highest BCUT2D eigenvalue weighted by molar-refractivity contribution is 6.30. The van der Waals surface area contributed by atoms with Crippen LogP contribution in [0, 0.1) is 18.7 Å². The van der Waals surface area contributed by atoms with Gasteiger partial charge in [0.25, 0.3) is 0 Å². The molecule has 2 aromatic heterocycles. The van der Waals surface area contributed by atoms with Crippen molar-refractivity contribution in [1.29, 1.82) is 0 Å². The van der Waals surface area contributed by atoms with E-state index in [0.717, 1.165) is 38.8 Å². The van der Waals surface area contributed by atoms with Crippen molar-refractivity contribution < 1.29 is 18.6 Å². The minimum Gasteiger partial charge on any atom is -0.461 e. The Bertz CT molecular complexity index is 1090. The van der Waals surface area contributed by atoms with Gasteiger partial charge >= 0.3 is 6.01 Å². The third-order valence-corrected chi connectivity index (χ3v) is 8.09. The van der Waals surface area contributed by atoms with E-state index in [0.29, 0.717) is 35.8 Å². The normalized spacial score (nSPS) is 34.1. The molecule has 5 heterocycles. The van der Waals surface area contributed by atoms with Crippen molar-refractivity contribution in [2.75, 3.05) is 31.1 Å². The highest BCUT2D eigenvalue weighted by Gasteiger charge is 2.50. The number of rotatable bonds is 4. The molecule has 3 aliphatic heterocycles. The Morgan fingerprint density at radius 2 is 2.09 bits per heavy atom. The van der Waals surface area contributed by atoms with E-state index in [1.165, 1.54) is 0 Å². The van der Waals surface area contributed by atoms with Crippen LogP contribution in [-0.4, -0.2) is 75.1 Å². The van der Waals surface area contributed by atoms with Crippen molar-refractivity contribution >= 4 is 28.3 Å². The Kier molecular flexibility index (Phi) is 4.75. The summed E-state index contributed by atoms with van der Waals surface area (Å²) in [5, 5.41) is 10.7. The van der Waals surface area contributed by atoms with Crippen LogP contribution in [0.4, 0.5) is 14.6 Å². The molecule has 7 nitrogen and oxygen atoms in total. The zero-order chi connectivity index (χ0) is 22.2. The number of aliphatic hydroxyl groups is 1. The Balaban J connectivity index is 1.40. The summed E-state index contributed by atoms with van der Waals surface area (Å²) in [6.45, 7) is 4.03. The fourth-order valence-electron chi connectivity index (χ4n) is 6.43. The lowest BCUT2D eigenvalue weighted by atomic mass is 9.95. The topological polar surface area (TPSA) is 74.6 Å². The molecule has 3 saturated heterocycles. The average molecular weight is 466 g/mol. The van der Waals surface area contributed by atoms with Crippen molar-refractivity contribution in [2.24, 2.45) is 5.92 Å². The van der Waals surface area contributed by atoms with Gasteiger partial charge in [0.1, 0.15) is 24.1 Å². The summed E-state index contributed by atoms with van der Waals surface area (Å²) in [5.41, 5.74) is 0.239. The molecule has 1 aliphatic carbocycles. The zero-order valence-electron chi connectivity index (χ0n) is 17.9.